The Labute approximate surface area is 244 Å². The molecule has 1 amide bonds. The molecule has 5 aromatic rings. The number of nitro groups is 1. The van der Waals surface area contributed by atoms with Gasteiger partial charge < -0.3 is 5.32 Å². The molecule has 0 fully saturated rings. The fourth-order valence-electron chi connectivity index (χ4n) is 4.23. The summed E-state index contributed by atoms with van der Waals surface area (Å²) in [5.41, 5.74) is 2.68. The van der Waals surface area contributed by atoms with Crippen molar-refractivity contribution in [3.63, 3.8) is 0 Å². The van der Waals surface area contributed by atoms with Crippen molar-refractivity contribution in [3.8, 4) is 5.69 Å². The van der Waals surface area contributed by atoms with Crippen LogP contribution >= 0.6 is 23.4 Å². The first-order valence-corrected chi connectivity index (χ1v) is 13.9. The van der Waals surface area contributed by atoms with Crippen molar-refractivity contribution in [1.82, 2.24) is 20.1 Å². The smallest absolute Gasteiger partial charge is 0.269 e. The molecule has 11 heteroatoms. The van der Waals surface area contributed by atoms with Crippen LogP contribution < -0.4 is 5.32 Å². The number of halogens is 2. The summed E-state index contributed by atoms with van der Waals surface area (Å²) in [5, 5.41) is 24.1. The molecule has 4 aromatic carbocycles. The van der Waals surface area contributed by atoms with Crippen molar-refractivity contribution in [2.24, 2.45) is 0 Å². The fourth-order valence-corrected chi connectivity index (χ4v) is 5.37. The average Bonchev–Trinajstić information content (AvgIpc) is 3.41. The van der Waals surface area contributed by atoms with Crippen LogP contribution in [0.2, 0.25) is 5.02 Å². The van der Waals surface area contributed by atoms with E-state index in [2.05, 4.69) is 15.5 Å². The molecule has 0 aliphatic heterocycles. The lowest BCUT2D eigenvalue weighted by Crippen LogP contribution is -2.32. The van der Waals surface area contributed by atoms with Gasteiger partial charge >= 0.3 is 0 Å². The van der Waals surface area contributed by atoms with Gasteiger partial charge in [-0.15, -0.1) is 10.2 Å². The van der Waals surface area contributed by atoms with E-state index >= 15 is 0 Å². The molecule has 0 aliphatic carbocycles. The molecule has 1 aromatic heterocycles. The zero-order chi connectivity index (χ0) is 28.8. The minimum absolute atomic E-state index is 0.0586. The van der Waals surface area contributed by atoms with E-state index in [0.29, 0.717) is 39.4 Å². The second kappa shape index (κ2) is 12.8. The second-order valence-electron chi connectivity index (χ2n) is 9.06. The van der Waals surface area contributed by atoms with E-state index < -0.39 is 11.0 Å². The lowest BCUT2D eigenvalue weighted by molar-refractivity contribution is -0.384. The molecule has 8 nitrogen and oxygen atoms in total. The van der Waals surface area contributed by atoms with E-state index in [1.807, 2.05) is 30.3 Å². The first-order valence-electron chi connectivity index (χ1n) is 12.6. The molecule has 5 rings (SSSR count). The first-order chi connectivity index (χ1) is 19.9. The molecule has 0 saturated carbocycles. The van der Waals surface area contributed by atoms with Crippen molar-refractivity contribution >= 4 is 35.0 Å². The molecule has 0 saturated heterocycles. The molecule has 0 radical (unpaired) electrons. The Hall–Kier alpha value is -4.54. The van der Waals surface area contributed by atoms with Crippen molar-refractivity contribution in [1.29, 1.82) is 0 Å². The number of carbonyl (C=O) groups is 1. The molecule has 41 heavy (non-hydrogen) atoms. The lowest BCUT2D eigenvalue weighted by atomic mass is 10.0. The van der Waals surface area contributed by atoms with Gasteiger partial charge in [-0.1, -0.05) is 78.0 Å². The average molecular weight is 588 g/mol. The van der Waals surface area contributed by atoms with Crippen LogP contribution in [-0.4, -0.2) is 25.6 Å². The molecule has 0 unspecified atom stereocenters. The number of carbonyl (C=O) groups excluding carboxylic acids is 1. The topological polar surface area (TPSA) is 103 Å². The van der Waals surface area contributed by atoms with Gasteiger partial charge in [-0.2, -0.15) is 0 Å². The van der Waals surface area contributed by atoms with E-state index in [1.54, 1.807) is 53.1 Å². The van der Waals surface area contributed by atoms with Crippen molar-refractivity contribution < 1.29 is 14.1 Å². The summed E-state index contributed by atoms with van der Waals surface area (Å²) in [5.74, 6) is 0.203. The third kappa shape index (κ3) is 6.79. The number of hydrogen-bond donors (Lipinski definition) is 1. The first kappa shape index (κ1) is 28.0. The Morgan fingerprint density at radius 3 is 2.29 bits per heavy atom. The van der Waals surface area contributed by atoms with Gasteiger partial charge in [0, 0.05) is 23.6 Å². The number of aromatic nitrogens is 3. The quantitative estimate of drug-likeness (QED) is 0.107. The fraction of sp³-hybridized carbons (Fsp3) is 0.100. The predicted molar refractivity (Wildman–Crippen MR) is 156 cm³/mol. The normalized spacial score (nSPS) is 11.7. The summed E-state index contributed by atoms with van der Waals surface area (Å²) in [7, 11) is 0. The summed E-state index contributed by atoms with van der Waals surface area (Å²) in [6.45, 7) is 0. The maximum absolute atomic E-state index is 13.4. The number of nitro benzene ring substituents is 1. The number of non-ortho nitro benzene ring substituents is 1. The summed E-state index contributed by atoms with van der Waals surface area (Å²) < 4.78 is 15.2. The number of thioether (sulfide) groups is 1. The maximum Gasteiger partial charge on any atom is 0.269 e. The zero-order valence-corrected chi connectivity index (χ0v) is 23.1. The molecule has 206 valence electrons. The Morgan fingerprint density at radius 1 is 0.927 bits per heavy atom. The largest absolute Gasteiger partial charge is 0.342 e. The molecular formula is C30H23ClFN5O3S. The maximum atomic E-state index is 13.4. The summed E-state index contributed by atoms with van der Waals surface area (Å²) in [6, 6.07) is 28.0. The third-order valence-corrected chi connectivity index (χ3v) is 7.61. The van der Waals surface area contributed by atoms with Crippen LogP contribution in [0.3, 0.4) is 0 Å². The van der Waals surface area contributed by atoms with Gasteiger partial charge in [0.25, 0.3) is 11.6 Å². The van der Waals surface area contributed by atoms with Crippen LogP contribution in [0.5, 0.6) is 0 Å². The van der Waals surface area contributed by atoms with Crippen LogP contribution in [0.1, 0.15) is 33.4 Å². The van der Waals surface area contributed by atoms with Crippen LogP contribution in [0.25, 0.3) is 5.69 Å². The van der Waals surface area contributed by atoms with E-state index in [1.165, 1.54) is 36.0 Å². The number of rotatable bonds is 10. The number of nitrogens with zero attached hydrogens (tertiary/aromatic N) is 4. The Morgan fingerprint density at radius 2 is 1.61 bits per heavy atom. The molecule has 0 bridgehead atoms. The highest BCUT2D eigenvalue weighted by Crippen LogP contribution is 2.30. The van der Waals surface area contributed by atoms with Crippen LogP contribution in [0.15, 0.2) is 108 Å². The van der Waals surface area contributed by atoms with Crippen LogP contribution in [-0.2, 0) is 12.2 Å². The standard InChI is InChI=1S/C30H23ClFN5O3S/c31-26-9-5-4-8-25(26)29(38)33-27(18-20-6-2-1-3-7-20)28-34-35-30(41-19-21-10-12-22(32)13-11-21)36(28)23-14-16-24(17-15-23)37(39)40/h1-17,27H,18-19H2,(H,33,38)/t27-/m1/s1. The van der Waals surface area contributed by atoms with Crippen molar-refractivity contribution in [2.75, 3.05) is 0 Å². The highest BCUT2D eigenvalue weighted by atomic mass is 35.5. The number of hydrogen-bond acceptors (Lipinski definition) is 6. The highest BCUT2D eigenvalue weighted by Gasteiger charge is 2.26. The minimum Gasteiger partial charge on any atom is -0.342 e. The minimum atomic E-state index is -0.635. The lowest BCUT2D eigenvalue weighted by Gasteiger charge is -2.20. The van der Waals surface area contributed by atoms with E-state index in [4.69, 9.17) is 11.6 Å². The zero-order valence-electron chi connectivity index (χ0n) is 21.5. The number of benzene rings is 4. The van der Waals surface area contributed by atoms with Gasteiger partial charge in [0.1, 0.15) is 5.82 Å². The Kier molecular flexibility index (Phi) is 8.71. The third-order valence-electron chi connectivity index (χ3n) is 6.28. The number of amides is 1. The van der Waals surface area contributed by atoms with Gasteiger partial charge in [-0.05, 0) is 53.9 Å². The van der Waals surface area contributed by atoms with Gasteiger partial charge in [-0.25, -0.2) is 4.39 Å². The van der Waals surface area contributed by atoms with Gasteiger partial charge in [0.2, 0.25) is 0 Å². The van der Waals surface area contributed by atoms with Gasteiger partial charge in [-0.3, -0.25) is 19.5 Å². The van der Waals surface area contributed by atoms with Crippen molar-refractivity contribution in [2.45, 2.75) is 23.4 Å². The summed E-state index contributed by atoms with van der Waals surface area (Å²) in [6.07, 6.45) is 0.394. The summed E-state index contributed by atoms with van der Waals surface area (Å²) in [4.78, 5) is 24.2. The van der Waals surface area contributed by atoms with Gasteiger partial charge in [0.05, 0.1) is 21.6 Å². The Balaban J connectivity index is 1.56. The van der Waals surface area contributed by atoms with Crippen LogP contribution in [0, 0.1) is 15.9 Å². The molecular weight excluding hydrogens is 565 g/mol. The van der Waals surface area contributed by atoms with E-state index in [0.717, 1.165) is 11.1 Å². The predicted octanol–water partition coefficient (Wildman–Crippen LogP) is 6.97. The highest BCUT2D eigenvalue weighted by molar-refractivity contribution is 7.98. The van der Waals surface area contributed by atoms with Crippen molar-refractivity contribution in [3.05, 3.63) is 147 Å². The molecule has 1 atom stereocenters. The molecule has 1 N–H and O–H groups in total. The van der Waals surface area contributed by atoms with E-state index in [-0.39, 0.29) is 17.4 Å². The second-order valence-corrected chi connectivity index (χ2v) is 10.4. The Bertz CT molecular complexity index is 1660. The monoisotopic (exact) mass is 587 g/mol. The molecule has 0 aliphatic rings. The molecule has 0 spiro atoms. The summed E-state index contributed by atoms with van der Waals surface area (Å²) >= 11 is 7.69. The SMILES string of the molecule is O=C(N[C@H](Cc1ccccc1)c1nnc(SCc2ccc(F)cc2)n1-c1ccc([N+](=O)[O-])cc1)c1ccccc1Cl. The van der Waals surface area contributed by atoms with E-state index in [9.17, 15) is 19.3 Å². The molecule has 1 heterocycles. The number of nitrogens with one attached hydrogen (secondary N) is 1. The van der Waals surface area contributed by atoms with Gasteiger partial charge in [0.15, 0.2) is 11.0 Å². The van der Waals surface area contributed by atoms with Crippen LogP contribution in [0.4, 0.5) is 10.1 Å².